The third-order valence-corrected chi connectivity index (χ3v) is 3.67. The minimum absolute atomic E-state index is 0.186. The first-order valence-electron chi connectivity index (χ1n) is 5.00. The van der Waals surface area contributed by atoms with E-state index in [1.54, 1.807) is 6.20 Å². The maximum atomic E-state index is 10.4. The van der Waals surface area contributed by atoms with Gasteiger partial charge in [-0.2, -0.15) is 0 Å². The Morgan fingerprint density at radius 3 is 3.20 bits per heavy atom. The second kappa shape index (κ2) is 4.28. The van der Waals surface area contributed by atoms with E-state index in [1.165, 1.54) is 11.5 Å². The number of carbonyl (C=O) groups is 1. The van der Waals surface area contributed by atoms with E-state index in [-0.39, 0.29) is 12.3 Å². The maximum Gasteiger partial charge on any atom is 0.303 e. The molecule has 1 aliphatic rings. The van der Waals surface area contributed by atoms with E-state index >= 15 is 0 Å². The predicted molar refractivity (Wildman–Crippen MR) is 55.8 cm³/mol. The molecule has 5 heteroatoms. The van der Waals surface area contributed by atoms with Crippen molar-refractivity contribution in [3.63, 3.8) is 0 Å². The number of nitrogens with zero attached hydrogens (tertiary/aromatic N) is 1. The van der Waals surface area contributed by atoms with Gasteiger partial charge in [0.25, 0.3) is 0 Å². The van der Waals surface area contributed by atoms with Crippen LogP contribution in [0.15, 0.2) is 6.20 Å². The van der Waals surface area contributed by atoms with Gasteiger partial charge in [-0.3, -0.25) is 4.79 Å². The van der Waals surface area contributed by atoms with Crippen LogP contribution in [0.3, 0.4) is 0 Å². The average Bonchev–Trinajstić information content (AvgIpc) is 2.63. The highest BCUT2D eigenvalue weighted by Crippen LogP contribution is 2.36. The van der Waals surface area contributed by atoms with E-state index < -0.39 is 12.1 Å². The molecule has 1 aromatic rings. The molecule has 0 spiro atoms. The van der Waals surface area contributed by atoms with Crippen LogP contribution >= 0.6 is 11.5 Å². The molecule has 2 N–H and O–H groups in total. The van der Waals surface area contributed by atoms with Crippen molar-refractivity contribution in [2.24, 2.45) is 5.92 Å². The summed E-state index contributed by atoms with van der Waals surface area (Å²) in [6, 6.07) is 0. The fraction of sp³-hybridized carbons (Fsp3) is 0.600. The molecule has 0 fully saturated rings. The van der Waals surface area contributed by atoms with Crippen LogP contribution in [0, 0.1) is 5.92 Å². The van der Waals surface area contributed by atoms with Crippen molar-refractivity contribution in [2.45, 2.75) is 31.8 Å². The molecule has 15 heavy (non-hydrogen) atoms. The van der Waals surface area contributed by atoms with E-state index in [0.29, 0.717) is 12.8 Å². The van der Waals surface area contributed by atoms with Crippen molar-refractivity contribution in [1.29, 1.82) is 0 Å². The number of hydrogen-bond acceptors (Lipinski definition) is 4. The lowest BCUT2D eigenvalue weighted by atomic mass is 9.84. The molecule has 0 saturated carbocycles. The smallest absolute Gasteiger partial charge is 0.303 e. The first-order valence-corrected chi connectivity index (χ1v) is 5.77. The van der Waals surface area contributed by atoms with Crippen LogP contribution in [-0.2, 0) is 11.2 Å². The Morgan fingerprint density at radius 2 is 2.47 bits per heavy atom. The van der Waals surface area contributed by atoms with E-state index in [0.717, 1.165) is 16.9 Å². The van der Waals surface area contributed by atoms with Crippen LogP contribution < -0.4 is 0 Å². The molecule has 0 aliphatic heterocycles. The summed E-state index contributed by atoms with van der Waals surface area (Å²) >= 11 is 1.41. The number of aromatic nitrogens is 1. The Balaban J connectivity index is 2.00. The van der Waals surface area contributed by atoms with Gasteiger partial charge < -0.3 is 10.2 Å². The molecule has 2 atom stereocenters. The van der Waals surface area contributed by atoms with Gasteiger partial charge in [-0.05, 0) is 36.7 Å². The highest BCUT2D eigenvalue weighted by molar-refractivity contribution is 7.05. The standard InChI is InChI=1S/C10H13NO3S/c12-8-3-6(1-2-10(13)14)4-9-7(8)5-11-15-9/h5-6,8,12H,1-4H2,(H,13,14). The molecule has 0 amide bonds. The fourth-order valence-electron chi connectivity index (χ4n) is 2.03. The van der Waals surface area contributed by atoms with Crippen LogP contribution in [0.4, 0.5) is 0 Å². The maximum absolute atomic E-state index is 10.4. The number of fused-ring (bicyclic) bond motifs is 1. The average molecular weight is 227 g/mol. The summed E-state index contributed by atoms with van der Waals surface area (Å²) in [5, 5.41) is 18.4. The van der Waals surface area contributed by atoms with Crippen molar-refractivity contribution in [2.75, 3.05) is 0 Å². The number of aliphatic hydroxyl groups is 1. The summed E-state index contributed by atoms with van der Waals surface area (Å²) in [7, 11) is 0. The largest absolute Gasteiger partial charge is 0.481 e. The number of aliphatic carboxylic acids is 1. The lowest BCUT2D eigenvalue weighted by Crippen LogP contribution is -2.17. The number of aliphatic hydroxyl groups excluding tert-OH is 1. The van der Waals surface area contributed by atoms with Gasteiger partial charge in [-0.15, -0.1) is 0 Å². The molecule has 1 aliphatic carbocycles. The zero-order chi connectivity index (χ0) is 10.8. The van der Waals surface area contributed by atoms with E-state index in [2.05, 4.69) is 4.37 Å². The van der Waals surface area contributed by atoms with Crippen molar-refractivity contribution in [3.05, 3.63) is 16.6 Å². The summed E-state index contributed by atoms with van der Waals surface area (Å²) in [5.41, 5.74) is 0.937. The monoisotopic (exact) mass is 227 g/mol. The van der Waals surface area contributed by atoms with Gasteiger partial charge >= 0.3 is 5.97 Å². The second-order valence-electron chi connectivity index (χ2n) is 3.96. The molecule has 0 aromatic carbocycles. The first-order chi connectivity index (χ1) is 7.16. The zero-order valence-electron chi connectivity index (χ0n) is 8.22. The summed E-state index contributed by atoms with van der Waals surface area (Å²) < 4.78 is 4.05. The summed E-state index contributed by atoms with van der Waals surface area (Å²) in [6.45, 7) is 0. The van der Waals surface area contributed by atoms with Crippen LogP contribution in [0.5, 0.6) is 0 Å². The Hall–Kier alpha value is -0.940. The molecule has 82 valence electrons. The van der Waals surface area contributed by atoms with Crippen molar-refractivity contribution in [1.82, 2.24) is 4.37 Å². The highest BCUT2D eigenvalue weighted by Gasteiger charge is 2.27. The fourth-order valence-corrected chi connectivity index (χ4v) is 2.93. The number of hydrogen-bond donors (Lipinski definition) is 2. The molecule has 0 bridgehead atoms. The molecule has 2 unspecified atom stereocenters. The van der Waals surface area contributed by atoms with Gasteiger partial charge in [0, 0.05) is 23.1 Å². The van der Waals surface area contributed by atoms with E-state index in [4.69, 9.17) is 5.11 Å². The van der Waals surface area contributed by atoms with Gasteiger partial charge in [0.05, 0.1) is 6.10 Å². The molecule has 2 rings (SSSR count). The Morgan fingerprint density at radius 1 is 1.67 bits per heavy atom. The van der Waals surface area contributed by atoms with Crippen LogP contribution in [0.1, 0.15) is 35.8 Å². The summed E-state index contributed by atoms with van der Waals surface area (Å²) in [4.78, 5) is 11.6. The first kappa shape index (κ1) is 10.6. The van der Waals surface area contributed by atoms with Crippen molar-refractivity contribution in [3.8, 4) is 0 Å². The Labute approximate surface area is 91.7 Å². The zero-order valence-corrected chi connectivity index (χ0v) is 9.04. The normalized spacial score (nSPS) is 24.9. The molecular formula is C10H13NO3S. The summed E-state index contributed by atoms with van der Waals surface area (Å²) in [6.07, 6.45) is 3.63. The third kappa shape index (κ3) is 2.35. The summed E-state index contributed by atoms with van der Waals surface area (Å²) in [5.74, 6) is -0.483. The molecule has 4 nitrogen and oxygen atoms in total. The molecule has 1 aromatic heterocycles. The number of carboxylic acids is 1. The molecular weight excluding hydrogens is 214 g/mol. The van der Waals surface area contributed by atoms with Gasteiger partial charge in [-0.1, -0.05) is 0 Å². The van der Waals surface area contributed by atoms with Crippen LogP contribution in [0.2, 0.25) is 0 Å². The van der Waals surface area contributed by atoms with Gasteiger partial charge in [-0.25, -0.2) is 4.37 Å². The number of carboxylic acid groups (broad SMARTS) is 1. The quantitative estimate of drug-likeness (QED) is 0.823. The van der Waals surface area contributed by atoms with Gasteiger partial charge in [0.15, 0.2) is 0 Å². The van der Waals surface area contributed by atoms with Crippen LogP contribution in [-0.4, -0.2) is 20.6 Å². The van der Waals surface area contributed by atoms with Gasteiger partial charge in [0.1, 0.15) is 0 Å². The Bertz CT molecular complexity index is 363. The van der Waals surface area contributed by atoms with Crippen molar-refractivity contribution < 1.29 is 15.0 Å². The third-order valence-electron chi connectivity index (χ3n) is 2.83. The van der Waals surface area contributed by atoms with E-state index in [9.17, 15) is 9.90 Å². The molecule has 0 saturated heterocycles. The van der Waals surface area contributed by atoms with Crippen LogP contribution in [0.25, 0.3) is 0 Å². The molecule has 1 heterocycles. The molecule has 0 radical (unpaired) electrons. The highest BCUT2D eigenvalue weighted by atomic mass is 32.1. The Kier molecular flexibility index (Phi) is 3.02. The van der Waals surface area contributed by atoms with E-state index in [1.807, 2.05) is 0 Å². The lowest BCUT2D eigenvalue weighted by Gasteiger charge is -2.24. The van der Waals surface area contributed by atoms with Gasteiger partial charge in [0.2, 0.25) is 0 Å². The predicted octanol–water partition coefficient (Wildman–Crippen LogP) is 1.60. The second-order valence-corrected chi connectivity index (χ2v) is 4.84. The topological polar surface area (TPSA) is 70.4 Å². The lowest BCUT2D eigenvalue weighted by molar-refractivity contribution is -0.137. The minimum Gasteiger partial charge on any atom is -0.481 e. The van der Waals surface area contributed by atoms with Crippen molar-refractivity contribution >= 4 is 17.5 Å². The SMILES string of the molecule is O=C(O)CCC1Cc2sncc2C(O)C1. The number of rotatable bonds is 3. The minimum atomic E-state index is -0.764.